The number of carbonyl (C=O) groups excluding carboxylic acids is 1. The van der Waals surface area contributed by atoms with Crippen molar-refractivity contribution in [2.75, 3.05) is 7.11 Å². The fourth-order valence-electron chi connectivity index (χ4n) is 1.91. The minimum absolute atomic E-state index is 0.101. The van der Waals surface area contributed by atoms with Crippen molar-refractivity contribution in [3.8, 4) is 0 Å². The van der Waals surface area contributed by atoms with Gasteiger partial charge in [0.1, 0.15) is 11.4 Å². The Kier molecular flexibility index (Phi) is 2.57. The molecule has 0 unspecified atom stereocenters. The van der Waals surface area contributed by atoms with Crippen molar-refractivity contribution in [3.63, 3.8) is 0 Å². The van der Waals surface area contributed by atoms with Gasteiger partial charge in [0, 0.05) is 12.7 Å². The first kappa shape index (κ1) is 10.3. The van der Waals surface area contributed by atoms with Gasteiger partial charge >= 0.3 is 0 Å². The third-order valence-electron chi connectivity index (χ3n) is 3.05. The highest BCUT2D eigenvalue weighted by Gasteiger charge is 2.44. The molecule has 0 radical (unpaired) electrons. The smallest absolute Gasteiger partial charge is 0.194 e. The van der Waals surface area contributed by atoms with Gasteiger partial charge in [0.25, 0.3) is 0 Å². The van der Waals surface area contributed by atoms with E-state index in [9.17, 15) is 9.18 Å². The number of ketones is 1. The van der Waals surface area contributed by atoms with E-state index in [4.69, 9.17) is 4.74 Å². The van der Waals surface area contributed by atoms with Crippen molar-refractivity contribution >= 4 is 5.78 Å². The summed E-state index contributed by atoms with van der Waals surface area (Å²) in [5.74, 6) is -0.484. The number of ether oxygens (including phenoxy) is 1. The second-order valence-electron chi connectivity index (χ2n) is 3.89. The molecule has 2 nitrogen and oxygen atoms in total. The lowest BCUT2D eigenvalue weighted by atomic mass is 9.75. The van der Waals surface area contributed by atoms with Crippen molar-refractivity contribution in [2.24, 2.45) is 0 Å². The van der Waals surface area contributed by atoms with Crippen molar-refractivity contribution in [3.05, 3.63) is 35.6 Å². The van der Waals surface area contributed by atoms with Crippen LogP contribution in [0.2, 0.25) is 0 Å². The Balaban J connectivity index is 2.27. The molecule has 0 atom stereocenters. The highest BCUT2D eigenvalue weighted by Crippen LogP contribution is 2.37. The summed E-state index contributed by atoms with van der Waals surface area (Å²) in [5, 5.41) is 0. The summed E-state index contributed by atoms with van der Waals surface area (Å²) in [6.07, 6.45) is 2.46. The first-order valence-corrected chi connectivity index (χ1v) is 5.03. The number of hydrogen-bond donors (Lipinski definition) is 0. The molecule has 2 rings (SSSR count). The zero-order valence-electron chi connectivity index (χ0n) is 8.63. The number of carbonyl (C=O) groups is 1. The standard InChI is InChI=1S/C12H13FO2/c1-15-12(6-3-7-12)11(14)9-4-2-5-10(13)8-9/h2,4-5,8H,3,6-7H2,1H3. The summed E-state index contributed by atoms with van der Waals surface area (Å²) < 4.78 is 18.2. The van der Waals surface area contributed by atoms with E-state index in [2.05, 4.69) is 0 Å². The fourth-order valence-corrected chi connectivity index (χ4v) is 1.91. The molecule has 1 aliphatic rings. The average Bonchev–Trinajstić information content (AvgIpc) is 2.17. The quantitative estimate of drug-likeness (QED) is 0.713. The van der Waals surface area contributed by atoms with E-state index < -0.39 is 5.60 Å². The van der Waals surface area contributed by atoms with E-state index in [0.717, 1.165) is 19.3 Å². The predicted molar refractivity (Wildman–Crippen MR) is 54.3 cm³/mol. The Morgan fingerprint density at radius 1 is 1.47 bits per heavy atom. The lowest BCUT2D eigenvalue weighted by Gasteiger charge is -2.38. The van der Waals surface area contributed by atoms with Crippen molar-refractivity contribution in [2.45, 2.75) is 24.9 Å². The van der Waals surface area contributed by atoms with Crippen LogP contribution in [0.4, 0.5) is 4.39 Å². The van der Waals surface area contributed by atoms with Gasteiger partial charge in [-0.05, 0) is 31.4 Å². The Hall–Kier alpha value is -1.22. The summed E-state index contributed by atoms with van der Waals surface area (Å²) in [7, 11) is 1.54. The molecule has 1 fully saturated rings. The zero-order chi connectivity index (χ0) is 10.9. The van der Waals surface area contributed by atoms with Gasteiger partial charge in [-0.1, -0.05) is 12.1 Å². The van der Waals surface area contributed by atoms with Crippen LogP contribution in [0.5, 0.6) is 0 Å². The van der Waals surface area contributed by atoms with Crippen LogP contribution in [0.3, 0.4) is 0 Å². The van der Waals surface area contributed by atoms with E-state index in [-0.39, 0.29) is 11.6 Å². The molecular weight excluding hydrogens is 195 g/mol. The summed E-state index contributed by atoms with van der Waals surface area (Å²) in [5.41, 5.74) is -0.287. The first-order chi connectivity index (χ1) is 7.18. The van der Waals surface area contributed by atoms with Crippen LogP contribution in [0.15, 0.2) is 24.3 Å². The van der Waals surface area contributed by atoms with Crippen LogP contribution in [0.25, 0.3) is 0 Å². The van der Waals surface area contributed by atoms with Crippen molar-refractivity contribution < 1.29 is 13.9 Å². The third kappa shape index (κ3) is 1.67. The fraction of sp³-hybridized carbons (Fsp3) is 0.417. The lowest BCUT2D eigenvalue weighted by molar-refractivity contribution is -0.0448. The summed E-state index contributed by atoms with van der Waals surface area (Å²) in [6, 6.07) is 5.77. The van der Waals surface area contributed by atoms with E-state index in [1.165, 1.54) is 19.2 Å². The van der Waals surface area contributed by atoms with Gasteiger partial charge in [0.15, 0.2) is 5.78 Å². The predicted octanol–water partition coefficient (Wildman–Crippen LogP) is 2.58. The number of Topliss-reactive ketones (excluding diaryl/α,β-unsaturated/α-hetero) is 1. The highest BCUT2D eigenvalue weighted by molar-refractivity contribution is 6.03. The largest absolute Gasteiger partial charge is 0.370 e. The van der Waals surface area contributed by atoms with Crippen LogP contribution < -0.4 is 0 Å². The molecule has 0 aliphatic heterocycles. The molecule has 1 aliphatic carbocycles. The molecule has 0 N–H and O–H groups in total. The summed E-state index contributed by atoms with van der Waals surface area (Å²) >= 11 is 0. The SMILES string of the molecule is COC1(C(=O)c2cccc(F)c2)CCC1. The van der Waals surface area contributed by atoms with Crippen LogP contribution in [-0.4, -0.2) is 18.5 Å². The second-order valence-corrected chi connectivity index (χ2v) is 3.89. The van der Waals surface area contributed by atoms with Gasteiger partial charge in [-0.25, -0.2) is 4.39 Å². The molecule has 0 heterocycles. The van der Waals surface area contributed by atoms with Crippen LogP contribution >= 0.6 is 0 Å². The van der Waals surface area contributed by atoms with E-state index in [1.54, 1.807) is 12.1 Å². The first-order valence-electron chi connectivity index (χ1n) is 5.03. The number of halogens is 1. The molecule has 0 saturated heterocycles. The van der Waals surface area contributed by atoms with Gasteiger partial charge in [-0.15, -0.1) is 0 Å². The molecule has 0 aromatic heterocycles. The maximum Gasteiger partial charge on any atom is 0.194 e. The number of hydrogen-bond acceptors (Lipinski definition) is 2. The van der Waals surface area contributed by atoms with E-state index in [1.807, 2.05) is 0 Å². The van der Waals surface area contributed by atoms with Gasteiger partial charge in [0.05, 0.1) is 0 Å². The Bertz CT molecular complexity index is 377. The minimum atomic E-state index is -0.687. The number of benzene rings is 1. The number of methoxy groups -OCH3 is 1. The zero-order valence-corrected chi connectivity index (χ0v) is 8.63. The Labute approximate surface area is 88.1 Å². The molecule has 1 aromatic rings. The monoisotopic (exact) mass is 208 g/mol. The molecule has 3 heteroatoms. The van der Waals surface area contributed by atoms with Gasteiger partial charge in [-0.3, -0.25) is 4.79 Å². The lowest BCUT2D eigenvalue weighted by Crippen LogP contribution is -2.47. The Morgan fingerprint density at radius 2 is 2.20 bits per heavy atom. The van der Waals surface area contributed by atoms with Crippen LogP contribution in [-0.2, 0) is 4.74 Å². The second kappa shape index (κ2) is 3.74. The molecule has 80 valence electrons. The van der Waals surface area contributed by atoms with Crippen LogP contribution in [0.1, 0.15) is 29.6 Å². The van der Waals surface area contributed by atoms with Crippen LogP contribution in [0, 0.1) is 5.82 Å². The van der Waals surface area contributed by atoms with E-state index in [0.29, 0.717) is 5.56 Å². The molecule has 1 saturated carbocycles. The summed E-state index contributed by atoms with van der Waals surface area (Å²) in [4.78, 5) is 12.0. The molecule has 0 amide bonds. The third-order valence-corrected chi connectivity index (χ3v) is 3.05. The Morgan fingerprint density at radius 3 is 2.67 bits per heavy atom. The van der Waals surface area contributed by atoms with Crippen molar-refractivity contribution in [1.29, 1.82) is 0 Å². The summed E-state index contributed by atoms with van der Waals surface area (Å²) in [6.45, 7) is 0. The maximum atomic E-state index is 12.9. The normalized spacial score (nSPS) is 18.3. The molecule has 1 aromatic carbocycles. The molecule has 15 heavy (non-hydrogen) atoms. The van der Waals surface area contributed by atoms with Crippen molar-refractivity contribution in [1.82, 2.24) is 0 Å². The topological polar surface area (TPSA) is 26.3 Å². The van der Waals surface area contributed by atoms with Gasteiger partial charge in [0.2, 0.25) is 0 Å². The highest BCUT2D eigenvalue weighted by atomic mass is 19.1. The van der Waals surface area contributed by atoms with E-state index >= 15 is 0 Å². The molecule has 0 bridgehead atoms. The molecule has 0 spiro atoms. The average molecular weight is 208 g/mol. The van der Waals surface area contributed by atoms with Gasteiger partial charge < -0.3 is 4.74 Å². The minimum Gasteiger partial charge on any atom is -0.370 e. The van der Waals surface area contributed by atoms with Gasteiger partial charge in [-0.2, -0.15) is 0 Å². The molecular formula is C12H13FO2. The maximum absolute atomic E-state index is 12.9. The number of rotatable bonds is 3.